The smallest absolute Gasteiger partial charge is 0.253 e. The van der Waals surface area contributed by atoms with Gasteiger partial charge in [0, 0.05) is 43.7 Å². The number of nitrogens with zero attached hydrogens (tertiary/aromatic N) is 3. The highest BCUT2D eigenvalue weighted by Crippen LogP contribution is 2.38. The van der Waals surface area contributed by atoms with Gasteiger partial charge in [-0.1, -0.05) is 0 Å². The third-order valence-corrected chi connectivity index (χ3v) is 7.27. The van der Waals surface area contributed by atoms with E-state index < -0.39 is 10.0 Å². The van der Waals surface area contributed by atoms with E-state index in [1.165, 1.54) is 39.5 Å². The lowest BCUT2D eigenvalue weighted by Gasteiger charge is -2.15. The maximum absolute atomic E-state index is 12.5. The number of carbonyl (C=O) groups is 1. The molecule has 0 unspecified atom stereocenters. The van der Waals surface area contributed by atoms with Crippen LogP contribution in [-0.4, -0.2) is 47.8 Å². The maximum atomic E-state index is 12.5. The molecule has 1 aliphatic carbocycles. The van der Waals surface area contributed by atoms with Crippen LogP contribution >= 0.6 is 0 Å². The Labute approximate surface area is 169 Å². The molecule has 1 aromatic carbocycles. The van der Waals surface area contributed by atoms with Crippen LogP contribution in [0.15, 0.2) is 46.3 Å². The highest BCUT2D eigenvalue weighted by atomic mass is 32.2. The van der Waals surface area contributed by atoms with E-state index in [0.717, 1.165) is 31.4 Å². The molecule has 1 aromatic heterocycles. The third-order valence-electron chi connectivity index (χ3n) is 5.35. The van der Waals surface area contributed by atoms with Gasteiger partial charge in [0.1, 0.15) is 0 Å². The molecular formula is C20H24N4O4S. The van der Waals surface area contributed by atoms with Crippen LogP contribution < -0.4 is 10.9 Å². The van der Waals surface area contributed by atoms with E-state index in [0.29, 0.717) is 31.1 Å². The summed E-state index contributed by atoms with van der Waals surface area (Å²) in [6, 6.07) is 7.52. The summed E-state index contributed by atoms with van der Waals surface area (Å²) in [5.74, 6) is 0.111. The minimum atomic E-state index is -3.49. The van der Waals surface area contributed by atoms with Crippen molar-refractivity contribution in [3.63, 3.8) is 0 Å². The average Bonchev–Trinajstić information content (AvgIpc) is 3.42. The van der Waals surface area contributed by atoms with Crippen molar-refractivity contribution < 1.29 is 13.2 Å². The van der Waals surface area contributed by atoms with Gasteiger partial charge in [-0.25, -0.2) is 13.4 Å². The van der Waals surface area contributed by atoms with E-state index in [-0.39, 0.29) is 22.9 Å². The Hall–Kier alpha value is -2.52. The lowest BCUT2D eigenvalue weighted by Crippen LogP contribution is -2.31. The van der Waals surface area contributed by atoms with Gasteiger partial charge < -0.3 is 5.32 Å². The van der Waals surface area contributed by atoms with E-state index in [2.05, 4.69) is 10.3 Å². The van der Waals surface area contributed by atoms with Crippen molar-refractivity contribution in [2.45, 2.75) is 43.0 Å². The topological polar surface area (TPSA) is 101 Å². The second-order valence-electron chi connectivity index (χ2n) is 7.51. The molecular weight excluding hydrogens is 392 g/mol. The van der Waals surface area contributed by atoms with Crippen LogP contribution in [0.3, 0.4) is 0 Å². The quantitative estimate of drug-likeness (QED) is 0.734. The van der Waals surface area contributed by atoms with E-state index >= 15 is 0 Å². The largest absolute Gasteiger partial charge is 0.350 e. The molecule has 4 rings (SSSR count). The predicted molar refractivity (Wildman–Crippen MR) is 107 cm³/mol. The molecule has 0 atom stereocenters. The summed E-state index contributed by atoms with van der Waals surface area (Å²) in [4.78, 5) is 28.9. The van der Waals surface area contributed by atoms with Crippen molar-refractivity contribution in [2.75, 3.05) is 19.6 Å². The zero-order valence-corrected chi connectivity index (χ0v) is 16.9. The van der Waals surface area contributed by atoms with Gasteiger partial charge in [-0.15, -0.1) is 0 Å². The SMILES string of the molecule is O=C(NCCn1cnc(C2CC2)cc1=O)c1ccc(S(=O)(=O)N2CCCC2)cc1. The van der Waals surface area contributed by atoms with Gasteiger partial charge in [0.15, 0.2) is 0 Å². The Morgan fingerprint density at radius 2 is 1.83 bits per heavy atom. The molecule has 9 heteroatoms. The monoisotopic (exact) mass is 416 g/mol. The van der Waals surface area contributed by atoms with Crippen LogP contribution in [0.25, 0.3) is 0 Å². The molecule has 1 aliphatic heterocycles. The highest BCUT2D eigenvalue weighted by molar-refractivity contribution is 7.89. The number of aromatic nitrogens is 2. The van der Waals surface area contributed by atoms with Crippen LogP contribution in [0.2, 0.25) is 0 Å². The zero-order valence-electron chi connectivity index (χ0n) is 16.1. The number of amides is 1. The lowest BCUT2D eigenvalue weighted by atomic mass is 10.2. The van der Waals surface area contributed by atoms with Gasteiger partial charge in [-0.3, -0.25) is 14.2 Å². The maximum Gasteiger partial charge on any atom is 0.253 e. The van der Waals surface area contributed by atoms with Crippen molar-refractivity contribution in [1.29, 1.82) is 0 Å². The first kappa shape index (κ1) is 19.8. The minimum Gasteiger partial charge on any atom is -0.350 e. The first-order chi connectivity index (χ1) is 13.9. The number of benzene rings is 1. The second-order valence-corrected chi connectivity index (χ2v) is 9.45. The molecule has 1 saturated carbocycles. The Bertz CT molecular complexity index is 1050. The summed E-state index contributed by atoms with van der Waals surface area (Å²) in [6.07, 6.45) is 5.46. The third kappa shape index (κ3) is 4.40. The van der Waals surface area contributed by atoms with Crippen LogP contribution in [0.1, 0.15) is 47.7 Å². The summed E-state index contributed by atoms with van der Waals surface area (Å²) >= 11 is 0. The molecule has 29 heavy (non-hydrogen) atoms. The van der Waals surface area contributed by atoms with Crippen molar-refractivity contribution >= 4 is 15.9 Å². The van der Waals surface area contributed by atoms with Crippen LogP contribution in [0.5, 0.6) is 0 Å². The van der Waals surface area contributed by atoms with E-state index in [4.69, 9.17) is 0 Å². The number of hydrogen-bond acceptors (Lipinski definition) is 5. The minimum absolute atomic E-state index is 0.118. The van der Waals surface area contributed by atoms with Crippen LogP contribution in [-0.2, 0) is 16.6 Å². The lowest BCUT2D eigenvalue weighted by molar-refractivity contribution is 0.0952. The van der Waals surface area contributed by atoms with Crippen molar-refractivity contribution in [3.8, 4) is 0 Å². The fourth-order valence-corrected chi connectivity index (χ4v) is 4.98. The van der Waals surface area contributed by atoms with E-state index in [1.807, 2.05) is 0 Å². The standard InChI is InChI=1S/C20H24N4O4S/c25-19-13-18(15-3-4-15)22-14-23(19)12-9-21-20(26)16-5-7-17(8-6-16)29(27,28)24-10-1-2-11-24/h5-8,13-15H,1-4,9-12H2,(H,21,26). The normalized spacial score (nSPS) is 17.4. The van der Waals surface area contributed by atoms with Crippen molar-refractivity contribution in [2.24, 2.45) is 0 Å². The van der Waals surface area contributed by atoms with Gasteiger partial charge in [-0.2, -0.15) is 4.31 Å². The first-order valence-corrected chi connectivity index (χ1v) is 11.3. The summed E-state index contributed by atoms with van der Waals surface area (Å²) < 4.78 is 28.0. The molecule has 2 fully saturated rings. The fourth-order valence-electron chi connectivity index (χ4n) is 3.46. The van der Waals surface area contributed by atoms with Crippen molar-refractivity contribution in [1.82, 2.24) is 19.2 Å². The molecule has 1 N–H and O–H groups in total. The number of rotatable bonds is 7. The summed E-state index contributed by atoms with van der Waals surface area (Å²) in [5.41, 5.74) is 1.10. The predicted octanol–water partition coefficient (Wildman–Crippen LogP) is 1.34. The molecule has 2 aliphatic rings. The van der Waals surface area contributed by atoms with Gasteiger partial charge in [0.2, 0.25) is 10.0 Å². The molecule has 2 heterocycles. The fraction of sp³-hybridized carbons (Fsp3) is 0.450. The molecule has 1 amide bonds. The Balaban J connectivity index is 1.33. The van der Waals surface area contributed by atoms with Gasteiger partial charge in [0.05, 0.1) is 16.9 Å². The van der Waals surface area contributed by atoms with Gasteiger partial charge in [-0.05, 0) is 49.9 Å². The summed E-state index contributed by atoms with van der Waals surface area (Å²) in [6.45, 7) is 1.68. The molecule has 0 bridgehead atoms. The van der Waals surface area contributed by atoms with E-state index in [1.54, 1.807) is 6.07 Å². The Morgan fingerprint density at radius 3 is 2.45 bits per heavy atom. The molecule has 2 aromatic rings. The Kier molecular flexibility index (Phi) is 5.51. The van der Waals surface area contributed by atoms with Crippen LogP contribution in [0, 0.1) is 0 Å². The first-order valence-electron chi connectivity index (χ1n) is 9.90. The number of carbonyl (C=O) groups excluding carboxylic acids is 1. The molecule has 1 saturated heterocycles. The summed E-state index contributed by atoms with van der Waals surface area (Å²) in [5, 5.41) is 2.75. The second kappa shape index (κ2) is 8.08. The number of sulfonamides is 1. The van der Waals surface area contributed by atoms with E-state index in [9.17, 15) is 18.0 Å². The van der Waals surface area contributed by atoms with Gasteiger partial charge >= 0.3 is 0 Å². The highest BCUT2D eigenvalue weighted by Gasteiger charge is 2.27. The molecule has 0 spiro atoms. The molecule has 8 nitrogen and oxygen atoms in total. The average molecular weight is 417 g/mol. The summed E-state index contributed by atoms with van der Waals surface area (Å²) in [7, 11) is -3.49. The molecule has 154 valence electrons. The Morgan fingerprint density at radius 1 is 1.14 bits per heavy atom. The number of hydrogen-bond donors (Lipinski definition) is 1. The van der Waals surface area contributed by atoms with Crippen LogP contribution in [0.4, 0.5) is 0 Å². The molecule has 0 radical (unpaired) electrons. The zero-order chi connectivity index (χ0) is 20.4. The van der Waals surface area contributed by atoms with Gasteiger partial charge in [0.25, 0.3) is 11.5 Å². The number of nitrogens with one attached hydrogen (secondary N) is 1. The van der Waals surface area contributed by atoms with Crippen molar-refractivity contribution in [3.05, 3.63) is 58.3 Å².